The Balaban J connectivity index is 1.98. The van der Waals surface area contributed by atoms with Crippen LogP contribution in [-0.4, -0.2) is 34.5 Å². The van der Waals surface area contributed by atoms with E-state index in [1.54, 1.807) is 0 Å². The molecular weight excluding hydrogens is 336 g/mol. The average molecular weight is 354 g/mol. The van der Waals surface area contributed by atoms with Gasteiger partial charge in [-0.25, -0.2) is 9.97 Å². The minimum absolute atomic E-state index is 0.101. The Hall–Kier alpha value is -2.98. The Kier molecular flexibility index (Phi) is 6.87. The van der Waals surface area contributed by atoms with Crippen LogP contribution in [0.5, 0.6) is 5.88 Å². The van der Waals surface area contributed by atoms with Gasteiger partial charge < -0.3 is 15.4 Å². The number of thiocarbonyl (C=S) groups is 1. The Bertz CT molecular complexity index is 784. The number of benzene rings is 1. The number of hydrogen-bond acceptors (Lipinski definition) is 5. The Morgan fingerprint density at radius 3 is 2.88 bits per heavy atom. The van der Waals surface area contributed by atoms with E-state index in [1.807, 2.05) is 31.3 Å². The number of ether oxygens (including phenoxy) is 1. The van der Waals surface area contributed by atoms with Gasteiger partial charge >= 0.3 is 0 Å². The summed E-state index contributed by atoms with van der Waals surface area (Å²) in [5.41, 5.74) is 1.96. The Morgan fingerprint density at radius 2 is 2.20 bits per heavy atom. The quantitative estimate of drug-likeness (QED) is 0.587. The largest absolute Gasteiger partial charge is 0.463 e. The molecule has 2 rings (SSSR count). The molecule has 0 saturated carbocycles. The third-order valence-corrected chi connectivity index (χ3v) is 3.68. The van der Waals surface area contributed by atoms with E-state index in [1.165, 1.54) is 12.4 Å². The summed E-state index contributed by atoms with van der Waals surface area (Å²) in [5, 5.41) is 5.75. The molecule has 0 aliphatic rings. The average Bonchev–Trinajstić information content (AvgIpc) is 2.65. The van der Waals surface area contributed by atoms with Crippen LogP contribution in [0, 0.1) is 12.3 Å². The number of nitrogens with zero attached hydrogens (tertiary/aromatic N) is 2. The summed E-state index contributed by atoms with van der Waals surface area (Å²) in [4.78, 5) is 21.1. The van der Waals surface area contributed by atoms with E-state index in [2.05, 4.69) is 26.5 Å². The molecule has 0 fully saturated rings. The van der Waals surface area contributed by atoms with E-state index in [4.69, 9.17) is 23.4 Å². The van der Waals surface area contributed by atoms with Crippen molar-refractivity contribution in [2.75, 3.05) is 19.0 Å². The van der Waals surface area contributed by atoms with Crippen molar-refractivity contribution in [3.8, 4) is 18.2 Å². The number of hydrogen-bond donors (Lipinski definition) is 2. The standard InChI is InChI=1S/C18H18N4O2S/c1-3-9-24-16-12-20-15(11-21-16)18(23)22-14-6-4-5-13(10-14)7-8-17(25)19-2/h1,4-6,10-12H,7-9H2,2H3,(H,19,25)(H,22,23). The predicted molar refractivity (Wildman–Crippen MR) is 101 cm³/mol. The maximum Gasteiger partial charge on any atom is 0.275 e. The fourth-order valence-corrected chi connectivity index (χ4v) is 2.11. The van der Waals surface area contributed by atoms with Crippen molar-refractivity contribution in [3.05, 3.63) is 47.9 Å². The van der Waals surface area contributed by atoms with Crippen LogP contribution < -0.4 is 15.4 Å². The van der Waals surface area contributed by atoms with Gasteiger partial charge in [-0.3, -0.25) is 4.79 Å². The fraction of sp³-hybridized carbons (Fsp3) is 0.222. The van der Waals surface area contributed by atoms with Crippen molar-refractivity contribution in [2.45, 2.75) is 12.8 Å². The molecule has 128 valence electrons. The summed E-state index contributed by atoms with van der Waals surface area (Å²) < 4.78 is 5.12. The molecule has 2 N–H and O–H groups in total. The summed E-state index contributed by atoms with van der Waals surface area (Å²) in [6, 6.07) is 7.60. The molecule has 1 aromatic carbocycles. The van der Waals surface area contributed by atoms with Gasteiger partial charge in [0.05, 0.1) is 17.4 Å². The summed E-state index contributed by atoms with van der Waals surface area (Å²) in [6.07, 6.45) is 9.36. The molecule has 0 aliphatic carbocycles. The molecule has 0 bridgehead atoms. The van der Waals surface area contributed by atoms with Gasteiger partial charge in [-0.2, -0.15) is 0 Å². The number of carbonyl (C=O) groups is 1. The second kappa shape index (κ2) is 9.35. The van der Waals surface area contributed by atoms with Crippen LogP contribution in [0.25, 0.3) is 0 Å². The fourth-order valence-electron chi connectivity index (χ4n) is 2.01. The van der Waals surface area contributed by atoms with Crippen molar-refractivity contribution in [1.82, 2.24) is 15.3 Å². The summed E-state index contributed by atoms with van der Waals surface area (Å²) in [7, 11) is 1.81. The molecule has 6 nitrogen and oxygen atoms in total. The highest BCUT2D eigenvalue weighted by atomic mass is 32.1. The normalized spacial score (nSPS) is 9.76. The van der Waals surface area contributed by atoms with Crippen LogP contribution in [0.15, 0.2) is 36.7 Å². The van der Waals surface area contributed by atoms with Gasteiger partial charge in [-0.15, -0.1) is 6.42 Å². The minimum Gasteiger partial charge on any atom is -0.463 e. The van der Waals surface area contributed by atoms with Crippen molar-refractivity contribution in [3.63, 3.8) is 0 Å². The first-order valence-electron chi connectivity index (χ1n) is 7.61. The lowest BCUT2D eigenvalue weighted by molar-refractivity contribution is 0.102. The van der Waals surface area contributed by atoms with E-state index >= 15 is 0 Å². The van der Waals surface area contributed by atoms with Gasteiger partial charge in [0.1, 0.15) is 5.69 Å². The molecule has 25 heavy (non-hydrogen) atoms. The lowest BCUT2D eigenvalue weighted by Crippen LogP contribution is -2.16. The number of amides is 1. The second-order valence-electron chi connectivity index (χ2n) is 5.06. The molecule has 0 atom stereocenters. The van der Waals surface area contributed by atoms with Crippen molar-refractivity contribution < 1.29 is 9.53 Å². The van der Waals surface area contributed by atoms with Crippen LogP contribution in [-0.2, 0) is 6.42 Å². The van der Waals surface area contributed by atoms with Crippen LogP contribution in [0.2, 0.25) is 0 Å². The lowest BCUT2D eigenvalue weighted by Gasteiger charge is -2.08. The van der Waals surface area contributed by atoms with E-state index in [0.717, 1.165) is 23.4 Å². The van der Waals surface area contributed by atoms with Crippen LogP contribution in [0.4, 0.5) is 5.69 Å². The molecule has 7 heteroatoms. The summed E-state index contributed by atoms with van der Waals surface area (Å²) in [5.74, 6) is 2.26. The molecule has 1 heterocycles. The SMILES string of the molecule is C#CCOc1cnc(C(=O)Nc2cccc(CCC(=S)NC)c2)cn1. The number of nitrogens with one attached hydrogen (secondary N) is 2. The molecule has 1 amide bonds. The highest BCUT2D eigenvalue weighted by Crippen LogP contribution is 2.14. The molecule has 0 spiro atoms. The molecule has 2 aromatic rings. The zero-order chi connectivity index (χ0) is 18.1. The van der Waals surface area contributed by atoms with E-state index in [9.17, 15) is 4.79 Å². The monoisotopic (exact) mass is 354 g/mol. The van der Waals surface area contributed by atoms with Gasteiger partial charge in [-0.1, -0.05) is 30.3 Å². The van der Waals surface area contributed by atoms with E-state index < -0.39 is 0 Å². The van der Waals surface area contributed by atoms with Crippen LogP contribution in [0.3, 0.4) is 0 Å². The third kappa shape index (κ3) is 5.86. The molecule has 0 radical (unpaired) electrons. The Morgan fingerprint density at radius 1 is 1.36 bits per heavy atom. The maximum atomic E-state index is 12.2. The molecule has 0 unspecified atom stereocenters. The Labute approximate surface area is 152 Å². The van der Waals surface area contributed by atoms with E-state index in [-0.39, 0.29) is 24.1 Å². The van der Waals surface area contributed by atoms with Crippen LogP contribution in [0.1, 0.15) is 22.5 Å². The van der Waals surface area contributed by atoms with Gasteiger partial charge in [0, 0.05) is 19.2 Å². The third-order valence-electron chi connectivity index (χ3n) is 3.27. The second-order valence-corrected chi connectivity index (χ2v) is 5.55. The number of rotatable bonds is 7. The van der Waals surface area contributed by atoms with Crippen molar-refractivity contribution >= 4 is 28.8 Å². The zero-order valence-electron chi connectivity index (χ0n) is 13.8. The number of terminal acetylenes is 1. The van der Waals surface area contributed by atoms with Gasteiger partial charge in [-0.05, 0) is 24.1 Å². The van der Waals surface area contributed by atoms with E-state index in [0.29, 0.717) is 5.69 Å². The smallest absolute Gasteiger partial charge is 0.275 e. The molecule has 0 aliphatic heterocycles. The van der Waals surface area contributed by atoms with Crippen LogP contribution >= 0.6 is 12.2 Å². The summed E-state index contributed by atoms with van der Waals surface area (Å²) >= 11 is 5.14. The number of anilines is 1. The number of aromatic nitrogens is 2. The first-order chi connectivity index (χ1) is 12.1. The molecular formula is C18H18N4O2S. The highest BCUT2D eigenvalue weighted by Gasteiger charge is 2.09. The van der Waals surface area contributed by atoms with Gasteiger partial charge in [0.25, 0.3) is 5.91 Å². The predicted octanol–water partition coefficient (Wildman–Crippen LogP) is 2.22. The summed E-state index contributed by atoms with van der Waals surface area (Å²) in [6.45, 7) is 0.101. The first kappa shape index (κ1) is 18.4. The molecule has 1 aromatic heterocycles. The van der Waals surface area contributed by atoms with Gasteiger partial charge in [0.2, 0.25) is 5.88 Å². The minimum atomic E-state index is -0.348. The topological polar surface area (TPSA) is 76.1 Å². The highest BCUT2D eigenvalue weighted by molar-refractivity contribution is 7.80. The lowest BCUT2D eigenvalue weighted by atomic mass is 10.1. The number of carbonyl (C=O) groups excluding carboxylic acids is 1. The van der Waals surface area contributed by atoms with Crippen molar-refractivity contribution in [1.29, 1.82) is 0 Å². The van der Waals surface area contributed by atoms with Crippen molar-refractivity contribution in [2.24, 2.45) is 0 Å². The van der Waals surface area contributed by atoms with Gasteiger partial charge in [0.15, 0.2) is 6.61 Å². The maximum absolute atomic E-state index is 12.2. The molecule has 0 saturated heterocycles. The number of aryl methyl sites for hydroxylation is 1. The first-order valence-corrected chi connectivity index (χ1v) is 8.02. The zero-order valence-corrected chi connectivity index (χ0v) is 14.6.